The molecule has 5 atom stereocenters. The number of alkyl carbamates (subject to hydrolysis) is 1. The lowest BCUT2D eigenvalue weighted by Crippen LogP contribution is -2.59. The Morgan fingerprint density at radius 1 is 1.18 bits per heavy atom. The summed E-state index contributed by atoms with van der Waals surface area (Å²) >= 11 is 0. The minimum absolute atomic E-state index is 0.0785. The number of carbonyl (C=O) groups is 4. The van der Waals surface area contributed by atoms with Crippen molar-refractivity contribution in [2.45, 2.75) is 91.5 Å². The Bertz CT molecular complexity index is 827. The van der Waals surface area contributed by atoms with E-state index in [4.69, 9.17) is 9.47 Å². The van der Waals surface area contributed by atoms with Crippen LogP contribution in [0.15, 0.2) is 12.7 Å². The van der Waals surface area contributed by atoms with E-state index in [0.717, 1.165) is 0 Å². The van der Waals surface area contributed by atoms with Gasteiger partial charge in [0.2, 0.25) is 11.8 Å². The second-order valence-electron chi connectivity index (χ2n) is 11.5. The summed E-state index contributed by atoms with van der Waals surface area (Å²) in [5.74, 6) is -1.38. The molecule has 0 spiro atoms. The third-order valence-electron chi connectivity index (χ3n) is 6.16. The number of esters is 1. The van der Waals surface area contributed by atoms with Crippen LogP contribution in [-0.4, -0.2) is 65.2 Å². The van der Waals surface area contributed by atoms with Gasteiger partial charge in [0.25, 0.3) is 0 Å². The van der Waals surface area contributed by atoms with Crippen LogP contribution in [0.4, 0.5) is 4.79 Å². The van der Waals surface area contributed by atoms with Gasteiger partial charge < -0.3 is 25.0 Å². The number of hydrogen-bond acceptors (Lipinski definition) is 6. The maximum Gasteiger partial charge on any atom is 0.408 e. The van der Waals surface area contributed by atoms with Gasteiger partial charge >= 0.3 is 12.1 Å². The number of nitrogens with zero attached hydrogens (tertiary/aromatic N) is 1. The summed E-state index contributed by atoms with van der Waals surface area (Å²) in [6, 6.07) is -1.66. The highest BCUT2D eigenvalue weighted by Crippen LogP contribution is 2.45. The topological polar surface area (TPSA) is 114 Å². The predicted molar refractivity (Wildman–Crippen MR) is 128 cm³/mol. The molecule has 1 saturated heterocycles. The molecule has 9 heteroatoms. The molecule has 9 nitrogen and oxygen atoms in total. The molecule has 0 aromatic rings. The minimum Gasteiger partial charge on any atom is -0.464 e. The number of rotatable bonds is 7. The summed E-state index contributed by atoms with van der Waals surface area (Å²) in [7, 11) is 0. The van der Waals surface area contributed by atoms with Crippen LogP contribution in [0.2, 0.25) is 0 Å². The molecule has 2 rings (SSSR count). The zero-order chi connectivity index (χ0) is 26.1. The molecule has 0 radical (unpaired) electrons. The fraction of sp³-hybridized carbons (Fsp3) is 0.760. The summed E-state index contributed by atoms with van der Waals surface area (Å²) in [6.07, 6.45) is 1.82. The van der Waals surface area contributed by atoms with E-state index in [0.29, 0.717) is 19.4 Å². The highest BCUT2D eigenvalue weighted by Gasteiger charge is 2.62. The number of amides is 3. The Balaban J connectivity index is 2.24. The zero-order valence-corrected chi connectivity index (χ0v) is 21.8. The van der Waals surface area contributed by atoms with Gasteiger partial charge in [0.05, 0.1) is 6.61 Å². The third kappa shape index (κ3) is 6.30. The van der Waals surface area contributed by atoms with E-state index in [1.165, 1.54) is 4.90 Å². The van der Waals surface area contributed by atoms with E-state index in [1.54, 1.807) is 33.8 Å². The molecule has 0 aromatic heterocycles. The first-order chi connectivity index (χ1) is 15.6. The monoisotopic (exact) mass is 479 g/mol. The molecule has 1 saturated carbocycles. The van der Waals surface area contributed by atoms with Gasteiger partial charge in [-0.15, -0.1) is 6.58 Å². The average Bonchev–Trinajstić information content (AvgIpc) is 3.26. The van der Waals surface area contributed by atoms with Crippen molar-refractivity contribution >= 4 is 23.9 Å². The summed E-state index contributed by atoms with van der Waals surface area (Å²) in [4.78, 5) is 53.6. The van der Waals surface area contributed by atoms with Crippen LogP contribution in [0.3, 0.4) is 0 Å². The van der Waals surface area contributed by atoms with Crippen LogP contribution in [-0.2, 0) is 23.9 Å². The molecular weight excluding hydrogens is 438 g/mol. The van der Waals surface area contributed by atoms with E-state index < -0.39 is 46.6 Å². The largest absolute Gasteiger partial charge is 0.464 e. The van der Waals surface area contributed by atoms with Crippen molar-refractivity contribution in [3.63, 3.8) is 0 Å². The smallest absolute Gasteiger partial charge is 0.408 e. The lowest BCUT2D eigenvalue weighted by atomic mass is 9.85. The van der Waals surface area contributed by atoms with Crippen molar-refractivity contribution in [1.29, 1.82) is 0 Å². The first-order valence-corrected chi connectivity index (χ1v) is 12.0. The number of ether oxygens (including phenoxy) is 2. The number of hydrogen-bond donors (Lipinski definition) is 2. The van der Waals surface area contributed by atoms with Crippen LogP contribution in [0.25, 0.3) is 0 Å². The highest BCUT2D eigenvalue weighted by molar-refractivity contribution is 5.96. The Hall–Kier alpha value is -2.58. The SMILES string of the molecule is C=CC1C[C@]1(NC(=O)[C@@H]1C[C@@H](C)CN1C(=O)[C@@H](NC(=O)OC(C)(C)C)C(C)(C)C)C(=O)OCC. The molecule has 192 valence electrons. The second-order valence-corrected chi connectivity index (χ2v) is 11.5. The molecule has 1 heterocycles. The van der Waals surface area contributed by atoms with E-state index in [-0.39, 0.29) is 24.3 Å². The van der Waals surface area contributed by atoms with E-state index in [2.05, 4.69) is 17.2 Å². The molecule has 34 heavy (non-hydrogen) atoms. The maximum absolute atomic E-state index is 13.7. The molecule has 3 amide bonds. The normalized spacial score (nSPS) is 27.4. The third-order valence-corrected chi connectivity index (χ3v) is 6.16. The molecule has 1 aliphatic carbocycles. The van der Waals surface area contributed by atoms with Crippen LogP contribution < -0.4 is 10.6 Å². The number of carbonyl (C=O) groups excluding carboxylic acids is 4. The van der Waals surface area contributed by atoms with E-state index in [9.17, 15) is 19.2 Å². The first kappa shape index (κ1) is 27.7. The molecule has 0 bridgehead atoms. The summed E-state index contributed by atoms with van der Waals surface area (Å²) in [6.45, 7) is 18.8. The minimum atomic E-state index is -1.13. The first-order valence-electron chi connectivity index (χ1n) is 12.0. The van der Waals surface area contributed by atoms with Crippen molar-refractivity contribution in [1.82, 2.24) is 15.5 Å². The summed E-state index contributed by atoms with van der Waals surface area (Å²) < 4.78 is 10.5. The summed E-state index contributed by atoms with van der Waals surface area (Å²) in [5.41, 5.74) is -2.47. The Morgan fingerprint density at radius 3 is 2.26 bits per heavy atom. The van der Waals surface area contributed by atoms with Crippen molar-refractivity contribution in [2.24, 2.45) is 17.3 Å². The summed E-state index contributed by atoms with van der Waals surface area (Å²) in [5, 5.41) is 5.56. The number of nitrogens with one attached hydrogen (secondary N) is 2. The molecule has 2 aliphatic rings. The van der Waals surface area contributed by atoms with Gasteiger partial charge in [-0.3, -0.25) is 9.59 Å². The van der Waals surface area contributed by atoms with Gasteiger partial charge in [0, 0.05) is 12.5 Å². The van der Waals surface area contributed by atoms with Crippen LogP contribution in [0.5, 0.6) is 0 Å². The maximum atomic E-state index is 13.7. The lowest BCUT2D eigenvalue weighted by Gasteiger charge is -2.36. The molecular formula is C25H41N3O6. The lowest BCUT2D eigenvalue weighted by molar-refractivity contribution is -0.150. The van der Waals surface area contributed by atoms with Crippen molar-refractivity contribution < 1.29 is 28.7 Å². The van der Waals surface area contributed by atoms with Gasteiger partial charge in [0.1, 0.15) is 23.2 Å². The Labute approximate surface area is 203 Å². The van der Waals surface area contributed by atoms with Crippen molar-refractivity contribution in [2.75, 3.05) is 13.2 Å². The second kappa shape index (κ2) is 9.96. The molecule has 2 N–H and O–H groups in total. The fourth-order valence-electron chi connectivity index (χ4n) is 4.34. The van der Waals surface area contributed by atoms with Crippen LogP contribution in [0, 0.1) is 17.3 Å². The molecule has 1 aliphatic heterocycles. The van der Waals surface area contributed by atoms with Gasteiger partial charge in [-0.25, -0.2) is 9.59 Å². The number of likely N-dealkylation sites (tertiary alicyclic amines) is 1. The highest BCUT2D eigenvalue weighted by atomic mass is 16.6. The molecule has 0 aromatic carbocycles. The average molecular weight is 480 g/mol. The van der Waals surface area contributed by atoms with Crippen LogP contribution in [0.1, 0.15) is 68.2 Å². The van der Waals surface area contributed by atoms with Gasteiger partial charge in [-0.2, -0.15) is 0 Å². The van der Waals surface area contributed by atoms with E-state index in [1.807, 2.05) is 27.7 Å². The van der Waals surface area contributed by atoms with Gasteiger partial charge in [0.15, 0.2) is 0 Å². The van der Waals surface area contributed by atoms with Gasteiger partial charge in [-0.05, 0) is 51.9 Å². The van der Waals surface area contributed by atoms with Gasteiger partial charge in [-0.1, -0.05) is 33.8 Å². The van der Waals surface area contributed by atoms with Crippen LogP contribution >= 0.6 is 0 Å². The molecule has 1 unspecified atom stereocenters. The quantitative estimate of drug-likeness (QED) is 0.429. The van der Waals surface area contributed by atoms with Crippen molar-refractivity contribution in [3.05, 3.63) is 12.7 Å². The Morgan fingerprint density at radius 2 is 1.79 bits per heavy atom. The van der Waals surface area contributed by atoms with Crippen molar-refractivity contribution in [3.8, 4) is 0 Å². The standard InChI is InChI=1S/C25H41N3O6/c1-10-16-13-25(16,21(31)33-11-2)27-19(29)17-12-15(3)14-28(17)20(30)18(23(4,5)6)26-22(32)34-24(7,8)9/h10,15-18H,1,11-14H2,2-9H3,(H,26,32)(H,27,29)/t15-,16?,17+,18-,25-/m1/s1. The Kier molecular flexibility index (Phi) is 8.10. The zero-order valence-electron chi connectivity index (χ0n) is 21.8. The fourth-order valence-corrected chi connectivity index (χ4v) is 4.34. The molecule has 2 fully saturated rings. The predicted octanol–water partition coefficient (Wildman–Crippen LogP) is 2.79. The van der Waals surface area contributed by atoms with E-state index >= 15 is 0 Å².